The van der Waals surface area contributed by atoms with Gasteiger partial charge in [0.25, 0.3) is 11.6 Å². The summed E-state index contributed by atoms with van der Waals surface area (Å²) in [6, 6.07) is 3.71. The SMILES string of the molecule is CC(OC(=O)c1csc2c1CCCC2)C(=O)Nc1ccc([N+](=O)[O-])cc1Cl. The lowest BCUT2D eigenvalue weighted by Crippen LogP contribution is -2.30. The number of aryl methyl sites for hydroxylation is 1. The maximum atomic E-state index is 12.4. The van der Waals surface area contributed by atoms with Crippen LogP contribution in [0.2, 0.25) is 5.02 Å². The van der Waals surface area contributed by atoms with Gasteiger partial charge in [-0.25, -0.2) is 4.79 Å². The highest BCUT2D eigenvalue weighted by molar-refractivity contribution is 7.10. The molecular formula is C18H17ClN2O5S. The van der Waals surface area contributed by atoms with Crippen LogP contribution >= 0.6 is 22.9 Å². The fourth-order valence-electron chi connectivity index (χ4n) is 2.90. The van der Waals surface area contributed by atoms with Crippen LogP contribution < -0.4 is 5.32 Å². The van der Waals surface area contributed by atoms with E-state index in [-0.39, 0.29) is 16.4 Å². The number of rotatable bonds is 5. The largest absolute Gasteiger partial charge is 0.449 e. The van der Waals surface area contributed by atoms with Gasteiger partial charge in [0, 0.05) is 22.4 Å². The summed E-state index contributed by atoms with van der Waals surface area (Å²) >= 11 is 7.51. The minimum Gasteiger partial charge on any atom is -0.449 e. The third-order valence-electron chi connectivity index (χ3n) is 4.36. The van der Waals surface area contributed by atoms with Crippen molar-refractivity contribution in [3.8, 4) is 0 Å². The molecule has 1 aromatic heterocycles. The lowest BCUT2D eigenvalue weighted by molar-refractivity contribution is -0.384. The number of esters is 1. The van der Waals surface area contributed by atoms with E-state index in [1.165, 1.54) is 23.9 Å². The fraction of sp³-hybridized carbons (Fsp3) is 0.333. The Morgan fingerprint density at radius 2 is 2.07 bits per heavy atom. The van der Waals surface area contributed by atoms with E-state index in [1.54, 1.807) is 16.7 Å². The summed E-state index contributed by atoms with van der Waals surface area (Å²) in [4.78, 5) is 36.1. The first-order valence-corrected chi connectivity index (χ1v) is 9.67. The van der Waals surface area contributed by atoms with Crippen LogP contribution in [0.1, 0.15) is 40.6 Å². The Morgan fingerprint density at radius 1 is 1.33 bits per heavy atom. The summed E-state index contributed by atoms with van der Waals surface area (Å²) in [5.41, 5.74) is 1.59. The molecule has 1 unspecified atom stereocenters. The maximum absolute atomic E-state index is 12.4. The van der Waals surface area contributed by atoms with E-state index in [1.807, 2.05) is 0 Å². The first kappa shape index (κ1) is 19.3. The lowest BCUT2D eigenvalue weighted by atomic mass is 9.96. The number of non-ortho nitro benzene ring substituents is 1. The number of amides is 1. The first-order valence-electron chi connectivity index (χ1n) is 8.42. The number of thiophene rings is 1. The molecule has 0 bridgehead atoms. The van der Waals surface area contributed by atoms with Crippen LogP contribution in [0, 0.1) is 10.1 Å². The molecule has 0 saturated heterocycles. The number of hydrogen-bond acceptors (Lipinski definition) is 6. The Bertz CT molecular complexity index is 911. The summed E-state index contributed by atoms with van der Waals surface area (Å²) < 4.78 is 5.30. The number of nitrogens with one attached hydrogen (secondary N) is 1. The number of anilines is 1. The molecule has 27 heavy (non-hydrogen) atoms. The van der Waals surface area contributed by atoms with Crippen LogP contribution in [0.4, 0.5) is 11.4 Å². The van der Waals surface area contributed by atoms with Gasteiger partial charge in [-0.05, 0) is 44.2 Å². The monoisotopic (exact) mass is 408 g/mol. The van der Waals surface area contributed by atoms with Crippen molar-refractivity contribution >= 4 is 46.2 Å². The Hall–Kier alpha value is -2.45. The van der Waals surface area contributed by atoms with E-state index in [0.29, 0.717) is 5.56 Å². The number of nitrogens with zero attached hydrogens (tertiary/aromatic N) is 1. The van der Waals surface area contributed by atoms with Gasteiger partial charge in [-0.1, -0.05) is 11.6 Å². The van der Waals surface area contributed by atoms with Gasteiger partial charge in [-0.3, -0.25) is 14.9 Å². The van der Waals surface area contributed by atoms with Gasteiger partial charge < -0.3 is 10.1 Å². The summed E-state index contributed by atoms with van der Waals surface area (Å²) in [5, 5.41) is 15.1. The molecular weight excluding hydrogens is 392 g/mol. The number of benzene rings is 1. The van der Waals surface area contributed by atoms with Crippen LogP contribution in [0.15, 0.2) is 23.6 Å². The fourth-order valence-corrected chi connectivity index (χ4v) is 4.23. The van der Waals surface area contributed by atoms with Crippen LogP contribution in [-0.2, 0) is 22.4 Å². The van der Waals surface area contributed by atoms with Crippen molar-refractivity contribution in [3.05, 3.63) is 54.7 Å². The molecule has 7 nitrogen and oxygen atoms in total. The second-order valence-electron chi connectivity index (χ2n) is 6.22. The van der Waals surface area contributed by atoms with Crippen molar-refractivity contribution in [2.45, 2.75) is 38.7 Å². The predicted molar refractivity (Wildman–Crippen MR) is 103 cm³/mol. The number of hydrogen-bond donors (Lipinski definition) is 1. The van der Waals surface area contributed by atoms with Gasteiger partial charge in [0.05, 0.1) is 21.2 Å². The average Bonchev–Trinajstić information content (AvgIpc) is 3.07. The second-order valence-corrected chi connectivity index (χ2v) is 7.59. The molecule has 2 aromatic rings. The molecule has 1 aliphatic carbocycles. The number of nitro benzene ring substituents is 1. The Kier molecular flexibility index (Phi) is 5.76. The van der Waals surface area contributed by atoms with Gasteiger partial charge in [0.2, 0.25) is 0 Å². The van der Waals surface area contributed by atoms with E-state index < -0.39 is 22.9 Å². The van der Waals surface area contributed by atoms with Crippen molar-refractivity contribution in [1.29, 1.82) is 0 Å². The number of carbonyl (C=O) groups excluding carboxylic acids is 2. The van der Waals surface area contributed by atoms with Gasteiger partial charge in [-0.15, -0.1) is 11.3 Å². The molecule has 0 aliphatic heterocycles. The number of halogens is 1. The van der Waals surface area contributed by atoms with E-state index >= 15 is 0 Å². The molecule has 1 N–H and O–H groups in total. The highest BCUT2D eigenvalue weighted by Crippen LogP contribution is 2.31. The lowest BCUT2D eigenvalue weighted by Gasteiger charge is -2.16. The minimum absolute atomic E-state index is 0.0305. The maximum Gasteiger partial charge on any atom is 0.340 e. The molecule has 0 saturated carbocycles. The van der Waals surface area contributed by atoms with Crippen LogP contribution in [0.3, 0.4) is 0 Å². The van der Waals surface area contributed by atoms with Gasteiger partial charge in [0.15, 0.2) is 6.10 Å². The van der Waals surface area contributed by atoms with Crippen molar-refractivity contribution in [2.24, 2.45) is 0 Å². The Morgan fingerprint density at radius 3 is 2.78 bits per heavy atom. The second kappa shape index (κ2) is 8.06. The summed E-state index contributed by atoms with van der Waals surface area (Å²) in [6.07, 6.45) is 2.95. The average molecular weight is 409 g/mol. The summed E-state index contributed by atoms with van der Waals surface area (Å²) in [5.74, 6) is -1.09. The van der Waals surface area contributed by atoms with Crippen molar-refractivity contribution in [1.82, 2.24) is 0 Å². The number of nitro groups is 1. The van der Waals surface area contributed by atoms with Gasteiger partial charge in [-0.2, -0.15) is 0 Å². The molecule has 1 amide bonds. The third kappa shape index (κ3) is 4.28. The number of carbonyl (C=O) groups is 2. The molecule has 1 heterocycles. The molecule has 142 valence electrons. The molecule has 1 aromatic carbocycles. The summed E-state index contributed by atoms with van der Waals surface area (Å²) in [6.45, 7) is 1.46. The Balaban J connectivity index is 1.65. The topological polar surface area (TPSA) is 98.5 Å². The first-order chi connectivity index (χ1) is 12.9. The highest BCUT2D eigenvalue weighted by atomic mass is 35.5. The van der Waals surface area contributed by atoms with Gasteiger partial charge in [0.1, 0.15) is 0 Å². The van der Waals surface area contributed by atoms with Crippen molar-refractivity contribution < 1.29 is 19.2 Å². The molecule has 1 atom stereocenters. The minimum atomic E-state index is -1.04. The predicted octanol–water partition coefficient (Wildman–Crippen LogP) is 4.37. The zero-order valence-corrected chi connectivity index (χ0v) is 16.1. The van der Waals surface area contributed by atoms with E-state index in [4.69, 9.17) is 16.3 Å². The molecule has 0 fully saturated rings. The molecule has 0 spiro atoms. The number of ether oxygens (including phenoxy) is 1. The smallest absolute Gasteiger partial charge is 0.340 e. The summed E-state index contributed by atoms with van der Waals surface area (Å²) in [7, 11) is 0. The van der Waals surface area contributed by atoms with Crippen LogP contribution in [0.25, 0.3) is 0 Å². The van der Waals surface area contributed by atoms with Crippen LogP contribution in [0.5, 0.6) is 0 Å². The normalized spacial score (nSPS) is 14.1. The van der Waals surface area contributed by atoms with Gasteiger partial charge >= 0.3 is 5.97 Å². The highest BCUT2D eigenvalue weighted by Gasteiger charge is 2.25. The van der Waals surface area contributed by atoms with Crippen LogP contribution in [-0.4, -0.2) is 22.9 Å². The van der Waals surface area contributed by atoms with E-state index in [9.17, 15) is 19.7 Å². The zero-order valence-electron chi connectivity index (χ0n) is 14.5. The number of fused-ring (bicyclic) bond motifs is 1. The van der Waals surface area contributed by atoms with E-state index in [2.05, 4.69) is 5.32 Å². The van der Waals surface area contributed by atoms with E-state index in [0.717, 1.165) is 37.3 Å². The third-order valence-corrected chi connectivity index (χ3v) is 5.76. The molecule has 0 radical (unpaired) electrons. The molecule has 3 rings (SSSR count). The standard InChI is InChI=1S/C18H17ClN2O5S/c1-10(17(22)20-15-7-6-11(21(24)25)8-14(15)19)26-18(23)13-9-27-16-5-3-2-4-12(13)16/h6-10H,2-5H2,1H3,(H,20,22). The Labute approximate surface area is 164 Å². The molecule has 9 heteroatoms. The molecule has 1 aliphatic rings. The van der Waals surface area contributed by atoms with Crippen molar-refractivity contribution in [3.63, 3.8) is 0 Å². The van der Waals surface area contributed by atoms with Crippen molar-refractivity contribution in [2.75, 3.05) is 5.32 Å². The zero-order chi connectivity index (χ0) is 19.6. The quantitative estimate of drug-likeness (QED) is 0.450.